The van der Waals surface area contributed by atoms with Crippen LogP contribution in [0.4, 0.5) is 0 Å². The molecule has 1 saturated carbocycles. The summed E-state index contributed by atoms with van der Waals surface area (Å²) < 4.78 is 35.3. The van der Waals surface area contributed by atoms with Crippen LogP contribution in [0.5, 0.6) is 0 Å². The molecule has 1 aliphatic rings. The van der Waals surface area contributed by atoms with Crippen LogP contribution in [0.2, 0.25) is 0 Å². The lowest BCUT2D eigenvalue weighted by Gasteiger charge is -2.21. The van der Waals surface area contributed by atoms with E-state index >= 15 is 0 Å². The van der Waals surface area contributed by atoms with Crippen LogP contribution in [0.1, 0.15) is 37.6 Å². The fraction of sp³-hybridized carbons (Fsp3) is 0.417. The van der Waals surface area contributed by atoms with Crippen LogP contribution in [0.15, 0.2) is 39.9 Å². The van der Waals surface area contributed by atoms with Crippen molar-refractivity contribution in [1.29, 1.82) is 0 Å². The number of carbonyl (C=O) groups is 2. The molecule has 186 valence electrons. The molecule has 0 bridgehead atoms. The lowest BCUT2D eigenvalue weighted by atomic mass is 10.0. The van der Waals surface area contributed by atoms with Gasteiger partial charge in [0, 0.05) is 43.2 Å². The summed E-state index contributed by atoms with van der Waals surface area (Å²) in [6.07, 6.45) is 3.49. The second kappa shape index (κ2) is 10.1. The van der Waals surface area contributed by atoms with E-state index in [4.69, 9.17) is 4.52 Å². The monoisotopic (exact) mass is 499 g/mol. The normalized spacial score (nSPS) is 18.0. The van der Waals surface area contributed by atoms with Crippen molar-refractivity contribution in [3.8, 4) is 11.1 Å². The van der Waals surface area contributed by atoms with Crippen molar-refractivity contribution in [2.24, 2.45) is 5.92 Å². The number of fused-ring (bicyclic) bond motifs is 1. The van der Waals surface area contributed by atoms with Crippen LogP contribution >= 0.6 is 0 Å². The number of sulfonamides is 1. The highest BCUT2D eigenvalue weighted by Crippen LogP contribution is 2.34. The number of amides is 2. The van der Waals surface area contributed by atoms with Crippen molar-refractivity contribution < 1.29 is 22.5 Å². The van der Waals surface area contributed by atoms with E-state index in [1.54, 1.807) is 38.2 Å². The molecular formula is C24H29N5O5S. The first kappa shape index (κ1) is 24.8. The van der Waals surface area contributed by atoms with E-state index in [9.17, 15) is 18.0 Å². The van der Waals surface area contributed by atoms with Crippen molar-refractivity contribution in [3.05, 3.63) is 41.9 Å². The van der Waals surface area contributed by atoms with E-state index in [0.717, 1.165) is 12.0 Å². The van der Waals surface area contributed by atoms with Gasteiger partial charge in [-0.25, -0.2) is 13.1 Å². The number of benzene rings is 1. The maximum Gasteiger partial charge on any atom is 0.241 e. The second-order valence-electron chi connectivity index (χ2n) is 8.78. The van der Waals surface area contributed by atoms with Crippen LogP contribution in [-0.2, 0) is 19.6 Å². The lowest BCUT2D eigenvalue weighted by molar-refractivity contribution is -0.125. The Kier molecular flexibility index (Phi) is 7.18. The minimum Gasteiger partial charge on any atom is -0.361 e. The molecule has 2 heterocycles. The number of pyridine rings is 1. The molecule has 0 spiro atoms. The number of hydrogen-bond acceptors (Lipinski definition) is 7. The van der Waals surface area contributed by atoms with E-state index in [1.165, 1.54) is 6.92 Å². The number of nitrogens with one attached hydrogen (secondary N) is 3. The molecule has 11 heteroatoms. The van der Waals surface area contributed by atoms with E-state index in [0.29, 0.717) is 47.3 Å². The Labute approximate surface area is 203 Å². The molecule has 2 atom stereocenters. The Balaban J connectivity index is 1.62. The largest absolute Gasteiger partial charge is 0.361 e. The standard InChI is InChI=1S/C24H29N5O5S/c1-14-23(15(2)34-28-14)17-12-21-18(7-5-9-26-21)22(13-17)35(32,33)29-20-8-4-6-19(20)24(31)27-11-10-25-16(3)30/h5,7,9,12-13,19-20,29H,4,6,8,10-11H2,1-3H3,(H,25,30)(H,27,31). The third-order valence-electron chi connectivity index (χ3n) is 6.25. The first-order chi connectivity index (χ1) is 16.7. The van der Waals surface area contributed by atoms with Crippen LogP contribution in [0.25, 0.3) is 22.0 Å². The van der Waals surface area contributed by atoms with Gasteiger partial charge < -0.3 is 15.2 Å². The highest BCUT2D eigenvalue weighted by atomic mass is 32.2. The Hall–Kier alpha value is -3.31. The lowest BCUT2D eigenvalue weighted by Crippen LogP contribution is -2.45. The Bertz CT molecular complexity index is 1350. The summed E-state index contributed by atoms with van der Waals surface area (Å²) >= 11 is 0. The summed E-state index contributed by atoms with van der Waals surface area (Å²) in [5, 5.41) is 9.89. The number of aromatic nitrogens is 2. The first-order valence-corrected chi connectivity index (χ1v) is 13.0. The number of nitrogens with zero attached hydrogens (tertiary/aromatic N) is 2. The summed E-state index contributed by atoms with van der Waals surface area (Å²) in [7, 11) is -3.99. The van der Waals surface area contributed by atoms with E-state index in [1.807, 2.05) is 6.07 Å². The molecule has 1 aromatic carbocycles. The fourth-order valence-electron chi connectivity index (χ4n) is 4.64. The van der Waals surface area contributed by atoms with Crippen LogP contribution < -0.4 is 15.4 Å². The number of hydrogen-bond donors (Lipinski definition) is 3. The Morgan fingerprint density at radius 3 is 2.63 bits per heavy atom. The highest BCUT2D eigenvalue weighted by Gasteiger charge is 2.36. The quantitative estimate of drug-likeness (QED) is 0.403. The molecule has 0 aliphatic heterocycles. The van der Waals surface area contributed by atoms with Gasteiger partial charge in [0.2, 0.25) is 21.8 Å². The molecule has 10 nitrogen and oxygen atoms in total. The van der Waals surface area contributed by atoms with Gasteiger partial charge in [0.15, 0.2) is 0 Å². The van der Waals surface area contributed by atoms with Gasteiger partial charge in [0.1, 0.15) is 5.76 Å². The van der Waals surface area contributed by atoms with Gasteiger partial charge >= 0.3 is 0 Å². The number of rotatable bonds is 8. The van der Waals surface area contributed by atoms with E-state index in [2.05, 4.69) is 25.5 Å². The molecule has 3 N–H and O–H groups in total. The molecule has 2 amide bonds. The van der Waals surface area contributed by atoms with Gasteiger partial charge in [-0.05, 0) is 56.5 Å². The topological polar surface area (TPSA) is 143 Å². The average molecular weight is 500 g/mol. The van der Waals surface area contributed by atoms with Crippen molar-refractivity contribution in [2.45, 2.75) is 51.0 Å². The predicted octanol–water partition coefficient (Wildman–Crippen LogP) is 2.21. The van der Waals surface area contributed by atoms with Crippen molar-refractivity contribution in [2.75, 3.05) is 13.1 Å². The molecule has 0 saturated heterocycles. The summed E-state index contributed by atoms with van der Waals surface area (Å²) in [6, 6.07) is 6.31. The SMILES string of the molecule is CC(=O)NCCNC(=O)C1CCCC1NS(=O)(=O)c1cc(-c2c(C)noc2C)cc2ncccc12. The molecule has 2 unspecified atom stereocenters. The van der Waals surface area contributed by atoms with Crippen LogP contribution in [0.3, 0.4) is 0 Å². The van der Waals surface area contributed by atoms with Crippen LogP contribution in [0, 0.1) is 19.8 Å². The number of aryl methyl sites for hydroxylation is 2. The highest BCUT2D eigenvalue weighted by molar-refractivity contribution is 7.89. The summed E-state index contributed by atoms with van der Waals surface area (Å²) in [6.45, 7) is 5.58. The zero-order valence-electron chi connectivity index (χ0n) is 19.9. The molecule has 1 aliphatic carbocycles. The summed E-state index contributed by atoms with van der Waals surface area (Å²) in [5.41, 5.74) is 2.56. The third-order valence-corrected chi connectivity index (χ3v) is 7.78. The van der Waals surface area contributed by atoms with Gasteiger partial charge in [0.05, 0.1) is 22.0 Å². The minimum atomic E-state index is -3.99. The molecule has 35 heavy (non-hydrogen) atoms. The van der Waals surface area contributed by atoms with Crippen LogP contribution in [-0.4, -0.2) is 49.5 Å². The third kappa shape index (κ3) is 5.35. The Morgan fingerprint density at radius 1 is 1.14 bits per heavy atom. The molecule has 4 rings (SSSR count). The van der Waals surface area contributed by atoms with Crippen molar-refractivity contribution in [3.63, 3.8) is 0 Å². The molecule has 0 radical (unpaired) electrons. The maximum absolute atomic E-state index is 13.6. The summed E-state index contributed by atoms with van der Waals surface area (Å²) in [5.74, 6) is -0.305. The van der Waals surface area contributed by atoms with E-state index in [-0.39, 0.29) is 23.3 Å². The molecular weight excluding hydrogens is 470 g/mol. The maximum atomic E-state index is 13.6. The fourth-order valence-corrected chi connectivity index (χ4v) is 6.20. The molecule has 3 aromatic rings. The number of carbonyl (C=O) groups excluding carboxylic acids is 2. The van der Waals surface area contributed by atoms with Gasteiger partial charge in [-0.3, -0.25) is 14.6 Å². The Morgan fingerprint density at radius 2 is 1.91 bits per heavy atom. The first-order valence-electron chi connectivity index (χ1n) is 11.5. The predicted molar refractivity (Wildman–Crippen MR) is 130 cm³/mol. The smallest absolute Gasteiger partial charge is 0.241 e. The van der Waals surface area contributed by atoms with Gasteiger partial charge in [-0.2, -0.15) is 0 Å². The zero-order chi connectivity index (χ0) is 25.2. The van der Waals surface area contributed by atoms with E-state index < -0.39 is 22.0 Å². The van der Waals surface area contributed by atoms with Crippen molar-refractivity contribution >= 4 is 32.7 Å². The van der Waals surface area contributed by atoms with Gasteiger partial charge in [-0.1, -0.05) is 11.6 Å². The van der Waals surface area contributed by atoms with Gasteiger partial charge in [-0.15, -0.1) is 0 Å². The van der Waals surface area contributed by atoms with Crippen molar-refractivity contribution in [1.82, 2.24) is 25.5 Å². The molecule has 2 aromatic heterocycles. The minimum absolute atomic E-state index is 0.0924. The second-order valence-corrected chi connectivity index (χ2v) is 10.5. The summed E-state index contributed by atoms with van der Waals surface area (Å²) in [4.78, 5) is 28.2. The molecule has 1 fully saturated rings. The zero-order valence-corrected chi connectivity index (χ0v) is 20.7. The van der Waals surface area contributed by atoms with Gasteiger partial charge in [0.25, 0.3) is 0 Å². The average Bonchev–Trinajstić information content (AvgIpc) is 3.41.